The van der Waals surface area contributed by atoms with Gasteiger partial charge in [0.05, 0.1) is 25.4 Å². The second-order valence-electron chi connectivity index (χ2n) is 8.73. The van der Waals surface area contributed by atoms with Crippen LogP contribution in [0, 0.1) is 47.3 Å². The zero-order chi connectivity index (χ0) is 19.2. The van der Waals surface area contributed by atoms with Crippen molar-refractivity contribution >= 4 is 17.9 Å². The maximum absolute atomic E-state index is 13.0. The van der Waals surface area contributed by atoms with Crippen molar-refractivity contribution in [1.82, 2.24) is 0 Å². The zero-order valence-corrected chi connectivity index (χ0v) is 16.3. The molecule has 1 aliphatic heterocycles. The van der Waals surface area contributed by atoms with Gasteiger partial charge in [0.25, 0.3) is 0 Å². The van der Waals surface area contributed by atoms with E-state index in [4.69, 9.17) is 14.2 Å². The summed E-state index contributed by atoms with van der Waals surface area (Å²) in [6, 6.07) is 0. The molecule has 6 heteroatoms. The second kappa shape index (κ2) is 7.20. The highest BCUT2D eigenvalue weighted by molar-refractivity contribution is 5.84. The number of rotatable bonds is 5. The fourth-order valence-corrected chi connectivity index (χ4v) is 5.97. The number of hydrogen-bond donors (Lipinski definition) is 0. The van der Waals surface area contributed by atoms with Gasteiger partial charge < -0.3 is 14.2 Å². The van der Waals surface area contributed by atoms with Crippen molar-refractivity contribution in [1.29, 1.82) is 0 Å². The molecule has 0 amide bonds. The summed E-state index contributed by atoms with van der Waals surface area (Å²) in [6.45, 7) is 8.89. The van der Waals surface area contributed by atoms with Gasteiger partial charge in [0, 0.05) is 0 Å². The maximum atomic E-state index is 13.0. The summed E-state index contributed by atoms with van der Waals surface area (Å²) in [5.74, 6) is -0.00538. The smallest absolute Gasteiger partial charge is 0.310 e. The predicted octanol–water partition coefficient (Wildman–Crippen LogP) is 2.44. The van der Waals surface area contributed by atoms with Crippen molar-refractivity contribution in [3.05, 3.63) is 0 Å². The van der Waals surface area contributed by atoms with Crippen LogP contribution in [-0.2, 0) is 28.6 Å². The van der Waals surface area contributed by atoms with Gasteiger partial charge in [-0.1, -0.05) is 27.7 Å². The van der Waals surface area contributed by atoms with Gasteiger partial charge in [-0.3, -0.25) is 14.4 Å². The molecule has 2 saturated carbocycles. The van der Waals surface area contributed by atoms with Crippen molar-refractivity contribution in [2.45, 2.75) is 46.6 Å². The predicted molar refractivity (Wildman–Crippen MR) is 92.7 cm³/mol. The summed E-state index contributed by atoms with van der Waals surface area (Å²) in [7, 11) is 1.38. The molecule has 3 fully saturated rings. The van der Waals surface area contributed by atoms with Gasteiger partial charge in [0.2, 0.25) is 0 Å². The molecule has 0 N–H and O–H groups in total. The molecule has 0 aromatic rings. The summed E-state index contributed by atoms with van der Waals surface area (Å²) in [4.78, 5) is 36.8. The third-order valence-corrected chi connectivity index (χ3v) is 6.68. The van der Waals surface area contributed by atoms with Crippen LogP contribution in [0.5, 0.6) is 0 Å². The van der Waals surface area contributed by atoms with Gasteiger partial charge >= 0.3 is 17.9 Å². The minimum Gasteiger partial charge on any atom is -0.469 e. The lowest BCUT2D eigenvalue weighted by atomic mass is 9.62. The fourth-order valence-electron chi connectivity index (χ4n) is 5.97. The lowest BCUT2D eigenvalue weighted by molar-refractivity contribution is -0.169. The summed E-state index contributed by atoms with van der Waals surface area (Å²) in [5, 5.41) is 0. The Morgan fingerprint density at radius 2 is 1.54 bits per heavy atom. The van der Waals surface area contributed by atoms with Crippen LogP contribution >= 0.6 is 0 Å². The van der Waals surface area contributed by atoms with Gasteiger partial charge in [-0.2, -0.15) is 0 Å². The minimum atomic E-state index is -0.536. The van der Waals surface area contributed by atoms with Crippen LogP contribution in [0.4, 0.5) is 0 Å². The normalized spacial score (nSPS) is 38.7. The van der Waals surface area contributed by atoms with Crippen LogP contribution < -0.4 is 0 Å². The Labute approximate surface area is 154 Å². The molecule has 1 saturated heterocycles. The van der Waals surface area contributed by atoms with E-state index in [0.29, 0.717) is 23.7 Å². The average molecular weight is 366 g/mol. The van der Waals surface area contributed by atoms with E-state index in [1.54, 1.807) is 0 Å². The van der Waals surface area contributed by atoms with E-state index in [9.17, 15) is 14.4 Å². The molecular weight excluding hydrogens is 336 g/mol. The molecule has 26 heavy (non-hydrogen) atoms. The first-order chi connectivity index (χ1) is 12.3. The third-order valence-electron chi connectivity index (χ3n) is 6.68. The SMILES string of the molecule is COC(=O)C1C2CC(C1C(=O)OC1COC(=O)C1)C(C(C)C)C2C(C)C. The molecule has 6 nitrogen and oxygen atoms in total. The van der Waals surface area contributed by atoms with E-state index in [0.717, 1.165) is 6.42 Å². The first kappa shape index (κ1) is 19.2. The van der Waals surface area contributed by atoms with Gasteiger partial charge in [-0.15, -0.1) is 0 Å². The van der Waals surface area contributed by atoms with Gasteiger partial charge in [-0.05, 0) is 41.9 Å². The van der Waals surface area contributed by atoms with E-state index in [1.165, 1.54) is 7.11 Å². The highest BCUT2D eigenvalue weighted by Gasteiger charge is 2.64. The highest BCUT2D eigenvalue weighted by Crippen LogP contribution is 2.62. The van der Waals surface area contributed by atoms with Gasteiger partial charge in [0.1, 0.15) is 12.7 Å². The van der Waals surface area contributed by atoms with Crippen molar-refractivity contribution in [2.24, 2.45) is 47.3 Å². The molecule has 7 atom stereocenters. The molecule has 0 aromatic carbocycles. The number of esters is 3. The van der Waals surface area contributed by atoms with Crippen molar-refractivity contribution in [3.63, 3.8) is 0 Å². The molecule has 0 aromatic heterocycles. The van der Waals surface area contributed by atoms with E-state index in [-0.39, 0.29) is 42.8 Å². The lowest BCUT2D eigenvalue weighted by Crippen LogP contribution is -2.46. The van der Waals surface area contributed by atoms with Crippen molar-refractivity contribution in [2.75, 3.05) is 13.7 Å². The Bertz CT molecular complexity index is 583. The Morgan fingerprint density at radius 3 is 1.96 bits per heavy atom. The Kier molecular flexibility index (Phi) is 5.31. The molecule has 3 aliphatic rings. The van der Waals surface area contributed by atoms with E-state index >= 15 is 0 Å². The summed E-state index contributed by atoms with van der Waals surface area (Å²) in [6.07, 6.45) is 0.425. The molecular formula is C20H30O6. The number of carbonyl (C=O) groups is 3. The first-order valence-electron chi connectivity index (χ1n) is 9.70. The quantitative estimate of drug-likeness (QED) is 0.549. The first-order valence-corrected chi connectivity index (χ1v) is 9.70. The molecule has 146 valence electrons. The molecule has 3 rings (SSSR count). The van der Waals surface area contributed by atoms with Crippen LogP contribution in [0.2, 0.25) is 0 Å². The largest absolute Gasteiger partial charge is 0.469 e. The van der Waals surface area contributed by atoms with E-state index in [1.807, 2.05) is 0 Å². The Hall–Kier alpha value is -1.59. The zero-order valence-electron chi connectivity index (χ0n) is 16.3. The Balaban J connectivity index is 1.86. The Morgan fingerprint density at radius 1 is 1.00 bits per heavy atom. The topological polar surface area (TPSA) is 78.9 Å². The number of cyclic esters (lactones) is 1. The number of methoxy groups -OCH3 is 1. The minimum absolute atomic E-state index is 0.0949. The van der Waals surface area contributed by atoms with Crippen LogP contribution in [0.15, 0.2) is 0 Å². The summed E-state index contributed by atoms with van der Waals surface area (Å²) in [5.41, 5.74) is 0. The molecule has 7 unspecified atom stereocenters. The van der Waals surface area contributed by atoms with Gasteiger partial charge in [-0.25, -0.2) is 0 Å². The third kappa shape index (κ3) is 3.12. The fraction of sp³-hybridized carbons (Fsp3) is 0.850. The standard InChI is InChI=1S/C20H30O6/c1-9(2)15-12-7-13(16(15)10(3)4)18(17(12)19(22)24-5)20(23)26-11-6-14(21)25-8-11/h9-13,15-18H,6-8H2,1-5H3. The molecule has 0 radical (unpaired) electrons. The number of fused-ring (bicyclic) bond motifs is 2. The van der Waals surface area contributed by atoms with E-state index < -0.39 is 17.9 Å². The summed E-state index contributed by atoms with van der Waals surface area (Å²) >= 11 is 0. The average Bonchev–Trinajstić information content (AvgIpc) is 3.25. The second-order valence-corrected chi connectivity index (χ2v) is 8.73. The molecule has 2 aliphatic carbocycles. The van der Waals surface area contributed by atoms with E-state index in [2.05, 4.69) is 27.7 Å². The van der Waals surface area contributed by atoms with Crippen molar-refractivity contribution in [3.8, 4) is 0 Å². The van der Waals surface area contributed by atoms with Crippen LogP contribution in [0.1, 0.15) is 40.5 Å². The number of hydrogen-bond acceptors (Lipinski definition) is 6. The highest BCUT2D eigenvalue weighted by atomic mass is 16.6. The molecule has 1 heterocycles. The monoisotopic (exact) mass is 366 g/mol. The van der Waals surface area contributed by atoms with Crippen LogP contribution in [-0.4, -0.2) is 37.7 Å². The van der Waals surface area contributed by atoms with Crippen LogP contribution in [0.25, 0.3) is 0 Å². The molecule has 0 spiro atoms. The maximum Gasteiger partial charge on any atom is 0.310 e. The lowest BCUT2D eigenvalue weighted by Gasteiger charge is -2.42. The summed E-state index contributed by atoms with van der Waals surface area (Å²) < 4.78 is 15.5. The van der Waals surface area contributed by atoms with Gasteiger partial charge in [0.15, 0.2) is 0 Å². The van der Waals surface area contributed by atoms with Crippen molar-refractivity contribution < 1.29 is 28.6 Å². The van der Waals surface area contributed by atoms with Crippen LogP contribution in [0.3, 0.4) is 0 Å². The molecule has 2 bridgehead atoms. The number of carbonyl (C=O) groups excluding carboxylic acids is 3. The number of ether oxygens (including phenoxy) is 3.